The third-order valence-corrected chi connectivity index (χ3v) is 4.27. The molecule has 1 aliphatic rings. The number of carboxylic acid groups (broad SMARTS) is 1. The van der Waals surface area contributed by atoms with Gasteiger partial charge < -0.3 is 15.7 Å². The lowest BCUT2D eigenvalue weighted by Crippen LogP contribution is -2.53. The Hall–Kier alpha value is -1.10. The Morgan fingerprint density at radius 2 is 2.00 bits per heavy atom. The van der Waals surface area contributed by atoms with E-state index in [4.69, 9.17) is 10.8 Å². The van der Waals surface area contributed by atoms with Crippen LogP contribution < -0.4 is 5.73 Å². The molecule has 0 bridgehead atoms. The monoisotopic (exact) mass is 284 g/mol. The lowest BCUT2D eigenvalue weighted by Gasteiger charge is -2.38. The van der Waals surface area contributed by atoms with Crippen molar-refractivity contribution >= 4 is 11.9 Å². The summed E-state index contributed by atoms with van der Waals surface area (Å²) in [4.78, 5) is 25.0. The van der Waals surface area contributed by atoms with E-state index in [1.54, 1.807) is 0 Å². The highest BCUT2D eigenvalue weighted by atomic mass is 16.4. The molecular formula is C15H28N2O3. The molecule has 3 atom stereocenters. The van der Waals surface area contributed by atoms with Crippen molar-refractivity contribution in [2.45, 2.75) is 53.0 Å². The van der Waals surface area contributed by atoms with Crippen LogP contribution in [-0.2, 0) is 9.59 Å². The molecule has 1 fully saturated rings. The third kappa shape index (κ3) is 4.47. The number of nitrogens with zero attached hydrogens (tertiary/aromatic N) is 1. The van der Waals surface area contributed by atoms with E-state index in [0.29, 0.717) is 6.54 Å². The Labute approximate surface area is 121 Å². The lowest BCUT2D eigenvalue weighted by molar-refractivity contribution is -0.139. The fourth-order valence-electron chi connectivity index (χ4n) is 2.68. The second kappa shape index (κ2) is 6.57. The molecule has 5 nitrogen and oxygen atoms in total. The minimum absolute atomic E-state index is 0.00951. The van der Waals surface area contributed by atoms with Crippen molar-refractivity contribution in [3.05, 3.63) is 0 Å². The fraction of sp³-hybridized carbons (Fsp3) is 0.867. The normalized spacial score (nSPS) is 23.2. The molecule has 0 aliphatic carbocycles. The van der Waals surface area contributed by atoms with E-state index >= 15 is 0 Å². The van der Waals surface area contributed by atoms with Gasteiger partial charge in [0.15, 0.2) is 0 Å². The van der Waals surface area contributed by atoms with Crippen LogP contribution in [0.2, 0.25) is 0 Å². The zero-order valence-corrected chi connectivity index (χ0v) is 13.1. The van der Waals surface area contributed by atoms with Gasteiger partial charge in [-0.1, -0.05) is 27.7 Å². The molecule has 1 aliphatic heterocycles. The van der Waals surface area contributed by atoms with Gasteiger partial charge in [0.2, 0.25) is 5.91 Å². The first kappa shape index (κ1) is 17.0. The first-order valence-corrected chi connectivity index (χ1v) is 7.39. The quantitative estimate of drug-likeness (QED) is 0.823. The van der Waals surface area contributed by atoms with Crippen LogP contribution in [0.25, 0.3) is 0 Å². The Kier molecular flexibility index (Phi) is 5.57. The van der Waals surface area contributed by atoms with Gasteiger partial charge in [-0.2, -0.15) is 0 Å². The number of carbonyl (C=O) groups excluding carboxylic acids is 1. The highest BCUT2D eigenvalue weighted by Gasteiger charge is 2.34. The van der Waals surface area contributed by atoms with Crippen LogP contribution in [0.1, 0.15) is 47.0 Å². The minimum atomic E-state index is -0.771. The molecule has 0 aromatic heterocycles. The maximum atomic E-state index is 12.4. The average Bonchev–Trinajstić information content (AvgIpc) is 2.35. The van der Waals surface area contributed by atoms with Crippen molar-refractivity contribution in [2.75, 3.05) is 13.1 Å². The van der Waals surface area contributed by atoms with Crippen molar-refractivity contribution in [1.82, 2.24) is 4.90 Å². The Morgan fingerprint density at radius 1 is 1.40 bits per heavy atom. The molecule has 1 rings (SSSR count). The summed E-state index contributed by atoms with van der Waals surface area (Å²) in [7, 11) is 0. The van der Waals surface area contributed by atoms with E-state index in [0.717, 1.165) is 19.4 Å². The maximum absolute atomic E-state index is 12.4. The van der Waals surface area contributed by atoms with E-state index in [9.17, 15) is 9.59 Å². The number of carbonyl (C=O) groups is 2. The molecule has 3 N–H and O–H groups in total. The zero-order chi connectivity index (χ0) is 15.5. The van der Waals surface area contributed by atoms with Crippen LogP contribution >= 0.6 is 0 Å². The standard InChI is InChI=1S/C15H28N2O3/c1-10(8-12(18)19)11-6-5-7-17(9-11)14(20)13(16)15(2,3)4/h10-11,13H,5-9,16H2,1-4H3,(H,18,19)/t10?,11?,13-/m0/s1. The van der Waals surface area contributed by atoms with Crippen LogP contribution in [0.5, 0.6) is 0 Å². The molecule has 2 unspecified atom stereocenters. The number of aliphatic carboxylic acids is 1. The SMILES string of the molecule is CC(CC(=O)O)C1CCCN(C(=O)[C@H](N)C(C)(C)C)C1. The molecule has 0 aromatic carbocycles. The number of amides is 1. The van der Waals surface area contributed by atoms with Crippen LogP contribution in [0.3, 0.4) is 0 Å². The van der Waals surface area contributed by atoms with E-state index in [-0.39, 0.29) is 29.6 Å². The van der Waals surface area contributed by atoms with E-state index < -0.39 is 12.0 Å². The van der Waals surface area contributed by atoms with Crippen LogP contribution in [0.4, 0.5) is 0 Å². The average molecular weight is 284 g/mol. The molecule has 1 amide bonds. The third-order valence-electron chi connectivity index (χ3n) is 4.27. The maximum Gasteiger partial charge on any atom is 0.303 e. The molecule has 0 radical (unpaired) electrons. The number of nitrogens with two attached hydrogens (primary N) is 1. The van der Waals surface area contributed by atoms with Crippen molar-refractivity contribution in [2.24, 2.45) is 23.0 Å². The molecule has 1 saturated heterocycles. The van der Waals surface area contributed by atoms with Crippen molar-refractivity contribution < 1.29 is 14.7 Å². The van der Waals surface area contributed by atoms with E-state index in [1.807, 2.05) is 32.6 Å². The topological polar surface area (TPSA) is 83.6 Å². The summed E-state index contributed by atoms with van der Waals surface area (Å²) in [6.07, 6.45) is 2.08. The molecule has 0 spiro atoms. The number of rotatable bonds is 4. The van der Waals surface area contributed by atoms with Crippen molar-refractivity contribution in [3.8, 4) is 0 Å². The van der Waals surface area contributed by atoms with Crippen LogP contribution in [-0.4, -0.2) is 41.0 Å². The van der Waals surface area contributed by atoms with Crippen molar-refractivity contribution in [1.29, 1.82) is 0 Å². The summed E-state index contributed by atoms with van der Waals surface area (Å²) >= 11 is 0. The van der Waals surface area contributed by atoms with Gasteiger partial charge in [0.25, 0.3) is 0 Å². The molecular weight excluding hydrogens is 256 g/mol. The van der Waals surface area contributed by atoms with Gasteiger partial charge in [-0.05, 0) is 30.1 Å². The van der Waals surface area contributed by atoms with Crippen molar-refractivity contribution in [3.63, 3.8) is 0 Å². The summed E-state index contributed by atoms with van der Waals surface area (Å²) in [5.41, 5.74) is 5.79. The summed E-state index contributed by atoms with van der Waals surface area (Å²) < 4.78 is 0. The summed E-state index contributed by atoms with van der Waals surface area (Å²) in [6, 6.07) is -0.504. The number of carboxylic acids is 1. The van der Waals surface area contributed by atoms with Crippen LogP contribution in [0.15, 0.2) is 0 Å². The van der Waals surface area contributed by atoms with Gasteiger partial charge >= 0.3 is 5.97 Å². The molecule has 116 valence electrons. The zero-order valence-electron chi connectivity index (χ0n) is 13.1. The number of likely N-dealkylation sites (tertiary alicyclic amines) is 1. The van der Waals surface area contributed by atoms with Gasteiger partial charge in [-0.25, -0.2) is 0 Å². The molecule has 20 heavy (non-hydrogen) atoms. The Bertz CT molecular complexity index is 363. The summed E-state index contributed by atoms with van der Waals surface area (Å²) in [6.45, 7) is 9.21. The minimum Gasteiger partial charge on any atom is -0.481 e. The predicted octanol–water partition coefficient (Wildman–Crippen LogP) is 1.71. The van der Waals surface area contributed by atoms with Crippen LogP contribution in [0, 0.1) is 17.3 Å². The number of hydrogen-bond donors (Lipinski definition) is 2. The predicted molar refractivity (Wildman–Crippen MR) is 78.2 cm³/mol. The largest absolute Gasteiger partial charge is 0.481 e. The van der Waals surface area contributed by atoms with E-state index in [2.05, 4.69) is 0 Å². The number of hydrogen-bond acceptors (Lipinski definition) is 3. The van der Waals surface area contributed by atoms with Gasteiger partial charge in [-0.15, -0.1) is 0 Å². The lowest BCUT2D eigenvalue weighted by atomic mass is 9.83. The summed E-state index contributed by atoms with van der Waals surface area (Å²) in [5, 5.41) is 8.88. The van der Waals surface area contributed by atoms with Gasteiger partial charge in [-0.3, -0.25) is 9.59 Å². The van der Waals surface area contributed by atoms with Gasteiger partial charge in [0.1, 0.15) is 0 Å². The Balaban J connectivity index is 2.65. The van der Waals surface area contributed by atoms with Gasteiger partial charge in [0.05, 0.1) is 6.04 Å². The highest BCUT2D eigenvalue weighted by molar-refractivity contribution is 5.82. The highest BCUT2D eigenvalue weighted by Crippen LogP contribution is 2.28. The molecule has 5 heteroatoms. The fourth-order valence-corrected chi connectivity index (χ4v) is 2.68. The first-order valence-electron chi connectivity index (χ1n) is 7.39. The van der Waals surface area contributed by atoms with E-state index in [1.165, 1.54) is 0 Å². The molecule has 0 aromatic rings. The molecule has 0 saturated carbocycles. The number of piperidine rings is 1. The second-order valence-electron chi connectivity index (χ2n) is 7.11. The smallest absolute Gasteiger partial charge is 0.303 e. The summed E-state index contributed by atoms with van der Waals surface area (Å²) in [5.74, 6) is -0.429. The second-order valence-corrected chi connectivity index (χ2v) is 7.11. The first-order chi connectivity index (χ1) is 9.12. The molecule has 1 heterocycles. The van der Waals surface area contributed by atoms with Gasteiger partial charge in [0, 0.05) is 19.5 Å². The Morgan fingerprint density at radius 3 is 2.50 bits per heavy atom.